The van der Waals surface area contributed by atoms with Crippen molar-refractivity contribution in [1.29, 1.82) is 0 Å². The molecule has 1 fully saturated rings. The van der Waals surface area contributed by atoms with E-state index in [2.05, 4.69) is 20.1 Å². The smallest absolute Gasteiger partial charge is 0.341 e. The molecule has 0 radical (unpaired) electrons. The first-order valence-corrected chi connectivity index (χ1v) is 10.9. The quantitative estimate of drug-likeness (QED) is 0.529. The largest absolute Gasteiger partial charge is 0.462 e. The van der Waals surface area contributed by atoms with Crippen molar-refractivity contribution < 1.29 is 14.3 Å². The van der Waals surface area contributed by atoms with Gasteiger partial charge in [-0.2, -0.15) is 0 Å². The van der Waals surface area contributed by atoms with Crippen LogP contribution in [-0.2, 0) is 16.0 Å². The summed E-state index contributed by atoms with van der Waals surface area (Å²) < 4.78 is 7.28. The molecule has 0 bridgehead atoms. The maximum atomic E-state index is 12.5. The highest BCUT2D eigenvalue weighted by molar-refractivity contribution is 7.99. The van der Waals surface area contributed by atoms with Crippen LogP contribution in [0.2, 0.25) is 0 Å². The van der Waals surface area contributed by atoms with Crippen molar-refractivity contribution in [2.75, 3.05) is 17.7 Å². The van der Waals surface area contributed by atoms with Gasteiger partial charge >= 0.3 is 5.97 Å². The Labute approximate surface area is 166 Å². The lowest BCUT2D eigenvalue weighted by atomic mass is 10.1. The highest BCUT2D eigenvalue weighted by Gasteiger charge is 2.29. The lowest BCUT2D eigenvalue weighted by Gasteiger charge is -2.08. The van der Waals surface area contributed by atoms with E-state index >= 15 is 0 Å². The second-order valence-electron chi connectivity index (χ2n) is 6.38. The van der Waals surface area contributed by atoms with Crippen LogP contribution >= 0.6 is 23.1 Å². The van der Waals surface area contributed by atoms with Gasteiger partial charge in [0.1, 0.15) is 10.8 Å². The second kappa shape index (κ2) is 8.43. The highest BCUT2D eigenvalue weighted by Crippen LogP contribution is 2.39. The van der Waals surface area contributed by atoms with E-state index in [-0.39, 0.29) is 17.6 Å². The summed E-state index contributed by atoms with van der Waals surface area (Å²) in [6.07, 6.45) is 2.98. The Bertz CT molecular complexity index is 855. The van der Waals surface area contributed by atoms with Gasteiger partial charge in [0.15, 0.2) is 5.16 Å². The minimum atomic E-state index is -0.384. The number of thioether (sulfide) groups is 1. The third-order valence-electron chi connectivity index (χ3n) is 4.37. The van der Waals surface area contributed by atoms with Gasteiger partial charge in [0.05, 0.1) is 17.9 Å². The molecule has 0 aromatic carbocycles. The molecule has 9 heteroatoms. The molecule has 1 aliphatic rings. The number of rotatable bonds is 8. The molecule has 0 unspecified atom stereocenters. The summed E-state index contributed by atoms with van der Waals surface area (Å²) in [5.41, 5.74) is 1.42. The molecule has 2 aromatic heterocycles. The predicted octanol–water partition coefficient (Wildman–Crippen LogP) is 3.76. The number of hydrogen-bond donors (Lipinski definition) is 1. The van der Waals surface area contributed by atoms with Crippen molar-refractivity contribution in [3.8, 4) is 0 Å². The van der Waals surface area contributed by atoms with E-state index in [1.165, 1.54) is 23.1 Å². The molecule has 1 N–H and O–H groups in total. The predicted molar refractivity (Wildman–Crippen MR) is 107 cm³/mol. The molecule has 1 amide bonds. The molecule has 1 aliphatic carbocycles. The summed E-state index contributed by atoms with van der Waals surface area (Å²) in [4.78, 5) is 25.9. The molecule has 2 aromatic rings. The van der Waals surface area contributed by atoms with E-state index < -0.39 is 0 Å². The Morgan fingerprint density at radius 1 is 1.30 bits per heavy atom. The van der Waals surface area contributed by atoms with Crippen LogP contribution in [0, 0.1) is 13.8 Å². The van der Waals surface area contributed by atoms with E-state index in [0.717, 1.165) is 34.3 Å². The van der Waals surface area contributed by atoms with Crippen LogP contribution in [0.3, 0.4) is 0 Å². The SMILES string of the molecule is CCOC(=O)c1c(NC(=O)CSc2nnc(C)n2C2CC2)sc(C)c1CC. The van der Waals surface area contributed by atoms with Gasteiger partial charge in [0.2, 0.25) is 5.91 Å². The molecule has 0 atom stereocenters. The molecule has 3 rings (SSSR count). The molecule has 7 nitrogen and oxygen atoms in total. The van der Waals surface area contributed by atoms with Crippen molar-refractivity contribution >= 4 is 40.0 Å². The zero-order valence-electron chi connectivity index (χ0n) is 16.0. The zero-order valence-corrected chi connectivity index (χ0v) is 17.6. The lowest BCUT2D eigenvalue weighted by Crippen LogP contribution is -2.17. The standard InChI is InChI=1S/C18H24N4O3S2/c1-5-13-10(3)27-16(15(13)17(24)25-6-2)19-14(23)9-26-18-21-20-11(4)22(18)12-7-8-12/h12H,5-9H2,1-4H3,(H,19,23). The van der Waals surface area contributed by atoms with E-state index in [9.17, 15) is 9.59 Å². The van der Waals surface area contributed by atoms with Gasteiger partial charge in [-0.15, -0.1) is 21.5 Å². The molecule has 0 spiro atoms. The molecule has 146 valence electrons. The summed E-state index contributed by atoms with van der Waals surface area (Å²) in [6, 6.07) is 0.466. The summed E-state index contributed by atoms with van der Waals surface area (Å²) >= 11 is 2.79. The second-order valence-corrected chi connectivity index (χ2v) is 8.55. The number of carbonyl (C=O) groups is 2. The van der Waals surface area contributed by atoms with Crippen LogP contribution in [0.1, 0.15) is 59.4 Å². The fourth-order valence-electron chi connectivity index (χ4n) is 3.01. The molecule has 27 heavy (non-hydrogen) atoms. The van der Waals surface area contributed by atoms with Gasteiger partial charge in [-0.25, -0.2) is 4.79 Å². The van der Waals surface area contributed by atoms with Crippen LogP contribution in [0.25, 0.3) is 0 Å². The van der Waals surface area contributed by atoms with Gasteiger partial charge < -0.3 is 14.6 Å². The van der Waals surface area contributed by atoms with Crippen LogP contribution in [0.4, 0.5) is 5.00 Å². The summed E-state index contributed by atoms with van der Waals surface area (Å²) in [7, 11) is 0. The number of nitrogens with zero attached hydrogens (tertiary/aromatic N) is 3. The first-order valence-electron chi connectivity index (χ1n) is 9.09. The minimum Gasteiger partial charge on any atom is -0.462 e. The van der Waals surface area contributed by atoms with Crippen molar-refractivity contribution in [2.24, 2.45) is 0 Å². The molecule has 0 saturated heterocycles. The average Bonchev–Trinajstić information content (AvgIpc) is 3.32. The van der Waals surface area contributed by atoms with Gasteiger partial charge in [0, 0.05) is 10.9 Å². The van der Waals surface area contributed by atoms with E-state index in [1.807, 2.05) is 20.8 Å². The lowest BCUT2D eigenvalue weighted by molar-refractivity contribution is -0.113. The number of aromatic nitrogens is 3. The number of thiophene rings is 1. The van der Waals surface area contributed by atoms with Crippen LogP contribution < -0.4 is 5.32 Å². The van der Waals surface area contributed by atoms with Crippen LogP contribution in [-0.4, -0.2) is 39.0 Å². The van der Waals surface area contributed by atoms with Crippen molar-refractivity contribution in [3.63, 3.8) is 0 Å². The number of carbonyl (C=O) groups excluding carboxylic acids is 2. The Morgan fingerprint density at radius 2 is 2.04 bits per heavy atom. The Kier molecular flexibility index (Phi) is 6.21. The molecular formula is C18H24N4O3S2. The molecule has 0 aliphatic heterocycles. The monoisotopic (exact) mass is 408 g/mol. The zero-order chi connectivity index (χ0) is 19.6. The van der Waals surface area contributed by atoms with E-state index in [4.69, 9.17) is 4.74 Å². The van der Waals surface area contributed by atoms with Crippen molar-refractivity contribution in [2.45, 2.75) is 58.2 Å². The fourth-order valence-corrected chi connectivity index (χ4v) is 5.01. The van der Waals surface area contributed by atoms with Gasteiger partial charge in [-0.05, 0) is 45.6 Å². The Morgan fingerprint density at radius 3 is 2.67 bits per heavy atom. The number of anilines is 1. The number of aryl methyl sites for hydroxylation is 2. The van der Waals surface area contributed by atoms with Gasteiger partial charge in [-0.3, -0.25) is 4.79 Å². The number of amides is 1. The topological polar surface area (TPSA) is 86.1 Å². The summed E-state index contributed by atoms with van der Waals surface area (Å²) in [5, 5.41) is 12.5. The molecule has 1 saturated carbocycles. The van der Waals surface area contributed by atoms with Gasteiger partial charge in [-0.1, -0.05) is 18.7 Å². The Hall–Kier alpha value is -1.87. The first kappa shape index (κ1) is 19.9. The van der Waals surface area contributed by atoms with Crippen LogP contribution in [0.5, 0.6) is 0 Å². The number of ether oxygens (including phenoxy) is 1. The minimum absolute atomic E-state index is 0.169. The highest BCUT2D eigenvalue weighted by atomic mass is 32.2. The van der Waals surface area contributed by atoms with Crippen molar-refractivity contribution in [3.05, 3.63) is 21.8 Å². The normalized spacial score (nSPS) is 13.6. The maximum absolute atomic E-state index is 12.5. The number of esters is 1. The molecule has 2 heterocycles. The first-order chi connectivity index (χ1) is 13.0. The van der Waals surface area contributed by atoms with Gasteiger partial charge in [0.25, 0.3) is 0 Å². The summed E-state index contributed by atoms with van der Waals surface area (Å²) in [6.45, 7) is 7.96. The third kappa shape index (κ3) is 4.35. The Balaban J connectivity index is 1.70. The van der Waals surface area contributed by atoms with E-state index in [0.29, 0.717) is 29.6 Å². The maximum Gasteiger partial charge on any atom is 0.341 e. The summed E-state index contributed by atoms with van der Waals surface area (Å²) in [5.74, 6) is 0.542. The number of hydrogen-bond acceptors (Lipinski definition) is 7. The van der Waals surface area contributed by atoms with E-state index in [1.54, 1.807) is 6.92 Å². The third-order valence-corrected chi connectivity index (χ3v) is 6.38. The fraction of sp³-hybridized carbons (Fsp3) is 0.556. The molecular weight excluding hydrogens is 384 g/mol. The number of nitrogens with one attached hydrogen (secondary N) is 1. The van der Waals surface area contributed by atoms with Crippen LogP contribution in [0.15, 0.2) is 5.16 Å². The average molecular weight is 409 g/mol. The van der Waals surface area contributed by atoms with Crippen molar-refractivity contribution in [1.82, 2.24) is 14.8 Å².